The first kappa shape index (κ1) is 25.2. The third-order valence-electron chi connectivity index (χ3n) is 4.36. The van der Waals surface area contributed by atoms with Crippen LogP contribution >= 0.6 is 11.6 Å². The molecule has 0 aliphatic rings. The number of benzene rings is 3. The van der Waals surface area contributed by atoms with Gasteiger partial charge in [-0.3, -0.25) is 0 Å². The molecule has 0 heterocycles. The molecule has 0 spiro atoms. The van der Waals surface area contributed by atoms with Crippen LogP contribution in [0.5, 0.6) is 11.5 Å². The number of ether oxygens (including phenoxy) is 1. The molecule has 1 atom stereocenters. The number of aliphatic hydroxyl groups excluding tert-OH is 1. The first-order valence-electron chi connectivity index (χ1n) is 9.40. The molecule has 0 fully saturated rings. The van der Waals surface area contributed by atoms with E-state index in [2.05, 4.69) is 10.6 Å². The van der Waals surface area contributed by atoms with E-state index < -0.39 is 40.6 Å². The molecule has 3 N–H and O–H groups in total. The van der Waals surface area contributed by atoms with E-state index in [4.69, 9.17) is 16.3 Å². The Hall–Kier alpha value is -3.44. The summed E-state index contributed by atoms with van der Waals surface area (Å²) in [5.74, 6) is 0.264. The lowest BCUT2D eigenvalue weighted by molar-refractivity contribution is -0.206. The highest BCUT2D eigenvalue weighted by molar-refractivity contribution is 6.31. The number of hydrogen-bond acceptors (Lipinski definition) is 3. The number of halogens is 7. The maximum atomic E-state index is 12.9. The Morgan fingerprint density at radius 2 is 1.47 bits per heavy atom. The van der Waals surface area contributed by atoms with Crippen LogP contribution in [0.1, 0.15) is 17.2 Å². The molecule has 3 aromatic rings. The van der Waals surface area contributed by atoms with Crippen LogP contribution in [0.4, 0.5) is 42.5 Å². The lowest BCUT2D eigenvalue weighted by Crippen LogP contribution is -2.20. The molecule has 0 saturated carbocycles. The monoisotopic (exact) mass is 504 g/mol. The summed E-state index contributed by atoms with van der Waals surface area (Å²) in [6.07, 6.45) is -12.2. The maximum Gasteiger partial charge on any atom is 0.418 e. The highest BCUT2D eigenvalue weighted by atomic mass is 35.5. The Morgan fingerprint density at radius 1 is 0.853 bits per heavy atom. The molecule has 3 rings (SSSR count). The average Bonchev–Trinajstić information content (AvgIpc) is 2.74. The molecule has 34 heavy (non-hydrogen) atoms. The molecule has 0 aromatic heterocycles. The maximum absolute atomic E-state index is 12.9. The van der Waals surface area contributed by atoms with E-state index in [1.807, 2.05) is 0 Å². The minimum Gasteiger partial charge on any atom is -0.457 e. The SMILES string of the molecule is O=C(Nc1ccc(Oc2cccc(C(O)C(F)(F)F)c2)cc1)Nc1ccc(Cl)c(C(F)(F)F)c1. The summed E-state index contributed by atoms with van der Waals surface area (Å²) >= 11 is 5.54. The summed E-state index contributed by atoms with van der Waals surface area (Å²) in [6.45, 7) is 0. The predicted octanol–water partition coefficient (Wildman–Crippen LogP) is 7.39. The molecule has 0 aliphatic carbocycles. The summed E-state index contributed by atoms with van der Waals surface area (Å²) in [5.41, 5.74) is -1.36. The van der Waals surface area contributed by atoms with Crippen molar-refractivity contribution in [1.29, 1.82) is 0 Å². The van der Waals surface area contributed by atoms with Gasteiger partial charge in [0.2, 0.25) is 0 Å². The van der Waals surface area contributed by atoms with Crippen LogP contribution in [0.3, 0.4) is 0 Å². The van der Waals surface area contributed by atoms with Crippen molar-refractivity contribution in [1.82, 2.24) is 0 Å². The van der Waals surface area contributed by atoms with Gasteiger partial charge < -0.3 is 20.5 Å². The lowest BCUT2D eigenvalue weighted by Gasteiger charge is -2.16. The number of urea groups is 1. The van der Waals surface area contributed by atoms with E-state index in [1.165, 1.54) is 42.5 Å². The van der Waals surface area contributed by atoms with Gasteiger partial charge >= 0.3 is 18.4 Å². The van der Waals surface area contributed by atoms with Gasteiger partial charge in [-0.15, -0.1) is 0 Å². The van der Waals surface area contributed by atoms with E-state index in [9.17, 15) is 36.2 Å². The Balaban J connectivity index is 1.63. The fraction of sp³-hybridized carbons (Fsp3) is 0.136. The molecular weight excluding hydrogens is 490 g/mol. The molecular formula is C22H15ClF6N2O3. The zero-order valence-corrected chi connectivity index (χ0v) is 17.6. The highest BCUT2D eigenvalue weighted by Gasteiger charge is 2.39. The van der Waals surface area contributed by atoms with Gasteiger partial charge in [0.25, 0.3) is 0 Å². The van der Waals surface area contributed by atoms with Crippen LogP contribution in [-0.2, 0) is 6.18 Å². The Bertz CT molecular complexity index is 1170. The van der Waals surface area contributed by atoms with Gasteiger partial charge in [-0.2, -0.15) is 26.3 Å². The fourth-order valence-corrected chi connectivity index (χ4v) is 3.02. The minimum atomic E-state index is -4.83. The second kappa shape index (κ2) is 9.82. The zero-order chi connectivity index (χ0) is 25.1. The smallest absolute Gasteiger partial charge is 0.418 e. The number of nitrogens with one attached hydrogen (secondary N) is 2. The van der Waals surface area contributed by atoms with E-state index in [-0.39, 0.29) is 22.9 Å². The Kier molecular flexibility index (Phi) is 7.27. The van der Waals surface area contributed by atoms with E-state index >= 15 is 0 Å². The van der Waals surface area contributed by atoms with E-state index in [0.29, 0.717) is 6.07 Å². The molecule has 2 amide bonds. The number of anilines is 2. The molecule has 1 unspecified atom stereocenters. The minimum absolute atomic E-state index is 0.0439. The third kappa shape index (κ3) is 6.55. The molecule has 180 valence electrons. The molecule has 12 heteroatoms. The van der Waals surface area contributed by atoms with Crippen molar-refractivity contribution in [3.63, 3.8) is 0 Å². The molecule has 0 aliphatic heterocycles. The summed E-state index contributed by atoms with van der Waals surface area (Å²) in [4.78, 5) is 12.1. The highest BCUT2D eigenvalue weighted by Crippen LogP contribution is 2.36. The number of carbonyl (C=O) groups excluding carboxylic acids is 1. The lowest BCUT2D eigenvalue weighted by atomic mass is 10.1. The van der Waals surface area contributed by atoms with Crippen molar-refractivity contribution in [2.24, 2.45) is 0 Å². The molecule has 0 bridgehead atoms. The largest absolute Gasteiger partial charge is 0.457 e. The van der Waals surface area contributed by atoms with Crippen molar-refractivity contribution in [2.45, 2.75) is 18.5 Å². The fourth-order valence-electron chi connectivity index (χ4n) is 2.79. The van der Waals surface area contributed by atoms with Gasteiger partial charge in [-0.05, 0) is 60.2 Å². The van der Waals surface area contributed by atoms with Gasteiger partial charge in [0.1, 0.15) is 11.5 Å². The summed E-state index contributed by atoms with van der Waals surface area (Å²) in [6, 6.07) is 12.6. The molecule has 0 saturated heterocycles. The predicted molar refractivity (Wildman–Crippen MR) is 113 cm³/mol. The Morgan fingerprint density at radius 3 is 2.09 bits per heavy atom. The standard InChI is InChI=1S/C22H15ClF6N2O3/c23-18-9-6-14(11-17(18)21(24,25)26)31-20(33)30-13-4-7-15(8-5-13)34-16-3-1-2-12(10-16)19(32)22(27,28)29/h1-11,19,32H,(H2,30,31,33). The van der Waals surface area contributed by atoms with E-state index in [0.717, 1.165) is 18.2 Å². The van der Waals surface area contributed by atoms with Crippen LogP contribution in [0.2, 0.25) is 5.02 Å². The van der Waals surface area contributed by atoms with Gasteiger partial charge in [0, 0.05) is 11.4 Å². The van der Waals surface area contributed by atoms with Gasteiger partial charge in [0.05, 0.1) is 10.6 Å². The summed E-state index contributed by atoms with van der Waals surface area (Å²) in [7, 11) is 0. The first-order chi connectivity index (χ1) is 15.8. The normalized spacial score (nSPS) is 12.7. The second-order valence-electron chi connectivity index (χ2n) is 6.91. The van der Waals surface area contributed by atoms with Gasteiger partial charge in [-0.1, -0.05) is 23.7 Å². The van der Waals surface area contributed by atoms with Crippen molar-refractivity contribution >= 4 is 29.0 Å². The number of amides is 2. The molecule has 0 radical (unpaired) electrons. The van der Waals surface area contributed by atoms with Gasteiger partial charge in [0.15, 0.2) is 6.10 Å². The third-order valence-corrected chi connectivity index (χ3v) is 4.69. The first-order valence-corrected chi connectivity index (χ1v) is 9.78. The Labute approximate surface area is 193 Å². The molecule has 5 nitrogen and oxygen atoms in total. The van der Waals surface area contributed by atoms with Crippen LogP contribution in [-0.4, -0.2) is 17.3 Å². The summed E-state index contributed by atoms with van der Waals surface area (Å²) < 4.78 is 82.3. The van der Waals surface area contributed by atoms with Crippen LogP contribution < -0.4 is 15.4 Å². The quantitative estimate of drug-likeness (QED) is 0.317. The zero-order valence-electron chi connectivity index (χ0n) is 16.8. The topological polar surface area (TPSA) is 70.6 Å². The number of alkyl halides is 6. The summed E-state index contributed by atoms with van der Waals surface area (Å²) in [5, 5.41) is 13.5. The van der Waals surface area contributed by atoms with Gasteiger partial charge in [-0.25, -0.2) is 4.79 Å². The number of hydrogen-bond donors (Lipinski definition) is 3. The van der Waals surface area contributed by atoms with E-state index in [1.54, 1.807) is 0 Å². The number of aliphatic hydroxyl groups is 1. The average molecular weight is 505 g/mol. The van der Waals surface area contributed by atoms with Crippen LogP contribution in [0, 0.1) is 0 Å². The van der Waals surface area contributed by atoms with Crippen molar-refractivity contribution in [3.8, 4) is 11.5 Å². The van der Waals surface area contributed by atoms with Crippen molar-refractivity contribution in [2.75, 3.05) is 10.6 Å². The number of carbonyl (C=O) groups is 1. The van der Waals surface area contributed by atoms with Crippen molar-refractivity contribution < 1.29 is 41.0 Å². The second-order valence-corrected chi connectivity index (χ2v) is 7.32. The van der Waals surface area contributed by atoms with Crippen LogP contribution in [0.25, 0.3) is 0 Å². The van der Waals surface area contributed by atoms with Crippen molar-refractivity contribution in [3.05, 3.63) is 82.9 Å². The number of rotatable bonds is 5. The molecule has 3 aromatic carbocycles. The van der Waals surface area contributed by atoms with Crippen LogP contribution in [0.15, 0.2) is 66.7 Å².